The molecule has 172 valence electrons. The Morgan fingerprint density at radius 1 is 1.06 bits per heavy atom. The minimum atomic E-state index is -3.45. The summed E-state index contributed by atoms with van der Waals surface area (Å²) in [6, 6.07) is 11.9. The number of hydrogen-bond donors (Lipinski definition) is 1. The van der Waals surface area contributed by atoms with E-state index < -0.39 is 28.5 Å². The van der Waals surface area contributed by atoms with Crippen LogP contribution in [0.15, 0.2) is 47.4 Å². The summed E-state index contributed by atoms with van der Waals surface area (Å²) >= 11 is 0. The number of nitrogens with one attached hydrogen (secondary N) is 1. The first-order valence-electron chi connectivity index (χ1n) is 10.5. The predicted octanol–water partition coefficient (Wildman–Crippen LogP) is 2.90. The summed E-state index contributed by atoms with van der Waals surface area (Å²) in [5.41, 5.74) is 2.28. The molecule has 1 aliphatic heterocycles. The maximum absolute atomic E-state index is 12.6. The van der Waals surface area contributed by atoms with Crippen molar-refractivity contribution in [2.24, 2.45) is 0 Å². The van der Waals surface area contributed by atoms with Crippen LogP contribution >= 0.6 is 0 Å². The van der Waals surface area contributed by atoms with E-state index in [4.69, 9.17) is 9.47 Å². The van der Waals surface area contributed by atoms with Crippen LogP contribution in [-0.4, -0.2) is 51.4 Å². The Bertz CT molecular complexity index is 1060. The Morgan fingerprint density at radius 2 is 1.75 bits per heavy atom. The average molecular weight is 461 g/mol. The van der Waals surface area contributed by atoms with Crippen LogP contribution in [0.2, 0.25) is 0 Å². The largest absolute Gasteiger partial charge is 0.495 e. The minimum Gasteiger partial charge on any atom is -0.495 e. The number of nitrogens with zero attached hydrogens (tertiary/aromatic N) is 1. The summed E-state index contributed by atoms with van der Waals surface area (Å²) in [6.45, 7) is 2.60. The van der Waals surface area contributed by atoms with Crippen LogP contribution in [0.4, 0.5) is 5.69 Å². The number of amides is 1. The number of hydrogen-bond acceptors (Lipinski definition) is 6. The zero-order valence-electron chi connectivity index (χ0n) is 18.3. The van der Waals surface area contributed by atoms with Crippen molar-refractivity contribution in [3.63, 3.8) is 0 Å². The lowest BCUT2D eigenvalue weighted by atomic mass is 10.1. The van der Waals surface area contributed by atoms with Crippen LogP contribution in [-0.2, 0) is 30.8 Å². The van der Waals surface area contributed by atoms with Crippen LogP contribution in [0.5, 0.6) is 5.75 Å². The van der Waals surface area contributed by atoms with E-state index in [1.807, 2.05) is 13.0 Å². The number of sulfonamides is 1. The molecule has 1 fully saturated rings. The van der Waals surface area contributed by atoms with E-state index in [0.717, 1.165) is 24.0 Å². The molecule has 0 bridgehead atoms. The first kappa shape index (κ1) is 23.7. The quantitative estimate of drug-likeness (QED) is 0.578. The molecule has 8 nitrogen and oxygen atoms in total. The van der Waals surface area contributed by atoms with Crippen molar-refractivity contribution >= 4 is 27.6 Å². The standard InChI is InChI=1S/C23H28N2O6S/c1-17-5-11-21(30-2)20(15-17)24-22(26)16-31-23(27)12-8-18-6-9-19(10-7-18)32(28,29)25-13-3-4-14-25/h5-7,9-11,15H,3-4,8,12-14,16H2,1-2H3,(H,24,26). The molecule has 1 heterocycles. The highest BCUT2D eigenvalue weighted by Gasteiger charge is 2.26. The van der Waals surface area contributed by atoms with Crippen LogP contribution in [0.1, 0.15) is 30.4 Å². The fraction of sp³-hybridized carbons (Fsp3) is 0.391. The molecular formula is C23H28N2O6S. The first-order chi connectivity index (χ1) is 15.3. The molecule has 9 heteroatoms. The normalized spacial score (nSPS) is 14.2. The predicted molar refractivity (Wildman–Crippen MR) is 120 cm³/mol. The van der Waals surface area contributed by atoms with Crippen LogP contribution in [0.25, 0.3) is 0 Å². The van der Waals surface area contributed by atoms with Crippen molar-refractivity contribution in [3.8, 4) is 5.75 Å². The Balaban J connectivity index is 1.46. The molecule has 0 atom stereocenters. The number of aryl methyl sites for hydroxylation is 2. The third kappa shape index (κ3) is 6.08. The smallest absolute Gasteiger partial charge is 0.306 e. The molecule has 32 heavy (non-hydrogen) atoms. The molecule has 0 radical (unpaired) electrons. The second-order valence-corrected chi connectivity index (χ2v) is 9.61. The molecule has 0 saturated carbocycles. The van der Waals surface area contributed by atoms with E-state index in [9.17, 15) is 18.0 Å². The van der Waals surface area contributed by atoms with E-state index in [2.05, 4.69) is 5.32 Å². The van der Waals surface area contributed by atoms with Crippen LogP contribution < -0.4 is 10.1 Å². The van der Waals surface area contributed by atoms with E-state index >= 15 is 0 Å². The van der Waals surface area contributed by atoms with Gasteiger partial charge in [-0.15, -0.1) is 0 Å². The second-order valence-electron chi connectivity index (χ2n) is 7.67. The van der Waals surface area contributed by atoms with E-state index in [1.165, 1.54) is 11.4 Å². The van der Waals surface area contributed by atoms with E-state index in [-0.39, 0.29) is 11.3 Å². The molecule has 2 aromatic rings. The van der Waals surface area contributed by atoms with Gasteiger partial charge in [0.2, 0.25) is 10.0 Å². The summed E-state index contributed by atoms with van der Waals surface area (Å²) in [4.78, 5) is 24.4. The van der Waals surface area contributed by atoms with Gasteiger partial charge in [-0.05, 0) is 61.6 Å². The number of benzene rings is 2. The summed E-state index contributed by atoms with van der Waals surface area (Å²) in [5, 5.41) is 2.67. The van der Waals surface area contributed by atoms with Crippen molar-refractivity contribution in [1.82, 2.24) is 4.31 Å². The molecule has 0 unspecified atom stereocenters. The van der Waals surface area contributed by atoms with Gasteiger partial charge < -0.3 is 14.8 Å². The molecule has 3 rings (SSSR count). The number of ether oxygens (including phenoxy) is 2. The van der Waals surface area contributed by atoms with Crippen molar-refractivity contribution in [1.29, 1.82) is 0 Å². The molecule has 1 N–H and O–H groups in total. The van der Waals surface area contributed by atoms with Gasteiger partial charge >= 0.3 is 5.97 Å². The number of esters is 1. The minimum absolute atomic E-state index is 0.0826. The Morgan fingerprint density at radius 3 is 2.41 bits per heavy atom. The van der Waals surface area contributed by atoms with Gasteiger partial charge in [-0.2, -0.15) is 4.31 Å². The van der Waals surface area contributed by atoms with Gasteiger partial charge in [-0.3, -0.25) is 9.59 Å². The van der Waals surface area contributed by atoms with Gasteiger partial charge in [-0.1, -0.05) is 18.2 Å². The van der Waals surface area contributed by atoms with Crippen LogP contribution in [0.3, 0.4) is 0 Å². The topological polar surface area (TPSA) is 102 Å². The fourth-order valence-electron chi connectivity index (χ4n) is 3.48. The highest BCUT2D eigenvalue weighted by molar-refractivity contribution is 7.89. The summed E-state index contributed by atoms with van der Waals surface area (Å²) < 4.78 is 36.9. The van der Waals surface area contributed by atoms with Gasteiger partial charge in [0, 0.05) is 19.5 Å². The highest BCUT2D eigenvalue weighted by Crippen LogP contribution is 2.25. The lowest BCUT2D eigenvalue weighted by Crippen LogP contribution is -2.27. The van der Waals surface area contributed by atoms with Crippen LogP contribution in [0, 0.1) is 6.92 Å². The number of anilines is 1. The van der Waals surface area contributed by atoms with Crippen molar-refractivity contribution in [3.05, 3.63) is 53.6 Å². The monoisotopic (exact) mass is 460 g/mol. The number of carbonyl (C=O) groups is 2. The second kappa shape index (κ2) is 10.6. The average Bonchev–Trinajstić information content (AvgIpc) is 3.33. The van der Waals surface area contributed by atoms with Gasteiger partial charge in [0.15, 0.2) is 6.61 Å². The molecule has 1 amide bonds. The Kier molecular flexibility index (Phi) is 7.87. The van der Waals surface area contributed by atoms with Crippen molar-refractivity contribution in [2.75, 3.05) is 32.1 Å². The number of methoxy groups -OCH3 is 1. The van der Waals surface area contributed by atoms with E-state index in [0.29, 0.717) is 30.9 Å². The Hall–Kier alpha value is -2.91. The van der Waals surface area contributed by atoms with E-state index in [1.54, 1.807) is 36.4 Å². The molecule has 1 saturated heterocycles. The molecule has 0 aromatic heterocycles. The number of rotatable bonds is 9. The van der Waals surface area contributed by atoms with Gasteiger partial charge in [0.05, 0.1) is 17.7 Å². The molecule has 0 spiro atoms. The maximum Gasteiger partial charge on any atom is 0.306 e. The Labute approximate surface area is 188 Å². The molecule has 0 aliphatic carbocycles. The SMILES string of the molecule is COc1ccc(C)cc1NC(=O)COC(=O)CCc1ccc(S(=O)(=O)N2CCCC2)cc1. The van der Waals surface area contributed by atoms with Gasteiger partial charge in [0.25, 0.3) is 5.91 Å². The van der Waals surface area contributed by atoms with Gasteiger partial charge in [-0.25, -0.2) is 8.42 Å². The van der Waals surface area contributed by atoms with Crippen molar-refractivity contribution in [2.45, 2.75) is 37.5 Å². The summed E-state index contributed by atoms with van der Waals surface area (Å²) in [7, 11) is -1.94. The lowest BCUT2D eigenvalue weighted by molar-refractivity contribution is -0.147. The first-order valence-corrected chi connectivity index (χ1v) is 11.9. The highest BCUT2D eigenvalue weighted by atomic mass is 32.2. The van der Waals surface area contributed by atoms with Crippen molar-refractivity contribution < 1.29 is 27.5 Å². The third-order valence-corrected chi connectivity index (χ3v) is 7.15. The third-order valence-electron chi connectivity index (χ3n) is 5.24. The zero-order valence-corrected chi connectivity index (χ0v) is 19.1. The lowest BCUT2D eigenvalue weighted by Gasteiger charge is -2.15. The number of carbonyl (C=O) groups excluding carboxylic acids is 2. The molecule has 2 aromatic carbocycles. The van der Waals surface area contributed by atoms with Gasteiger partial charge in [0.1, 0.15) is 5.75 Å². The molecule has 1 aliphatic rings. The molecular weight excluding hydrogens is 432 g/mol. The zero-order chi connectivity index (χ0) is 23.1. The fourth-order valence-corrected chi connectivity index (χ4v) is 4.99. The summed E-state index contributed by atoms with van der Waals surface area (Å²) in [5.74, 6) is -0.450. The summed E-state index contributed by atoms with van der Waals surface area (Å²) in [6.07, 6.45) is 2.24. The maximum atomic E-state index is 12.6.